The molecular formula is C25H26FNO4. The lowest BCUT2D eigenvalue weighted by Gasteiger charge is -2.31. The highest BCUT2D eigenvalue weighted by atomic mass is 19.1. The number of carbonyl (C=O) groups is 3. The number of amides is 1. The summed E-state index contributed by atoms with van der Waals surface area (Å²) in [5, 5.41) is 0. The maximum atomic E-state index is 13.1. The predicted molar refractivity (Wildman–Crippen MR) is 113 cm³/mol. The summed E-state index contributed by atoms with van der Waals surface area (Å²) in [4.78, 5) is 39.5. The lowest BCUT2D eigenvalue weighted by molar-refractivity contribution is -0.152. The van der Waals surface area contributed by atoms with E-state index >= 15 is 0 Å². The average Bonchev–Trinajstić information content (AvgIpc) is 3.26. The Morgan fingerprint density at radius 1 is 0.968 bits per heavy atom. The monoisotopic (exact) mass is 423 g/mol. The van der Waals surface area contributed by atoms with E-state index < -0.39 is 12.1 Å². The van der Waals surface area contributed by atoms with Crippen LogP contribution >= 0.6 is 0 Å². The van der Waals surface area contributed by atoms with E-state index in [1.165, 1.54) is 35.4 Å². The number of ketones is 1. The number of ether oxygens (including phenoxy) is 1. The number of likely N-dealkylation sites (tertiary alicyclic amines) is 1. The van der Waals surface area contributed by atoms with Gasteiger partial charge < -0.3 is 9.64 Å². The lowest BCUT2D eigenvalue weighted by atomic mass is 9.96. The molecule has 4 rings (SSSR count). The molecule has 0 bridgehead atoms. The Balaban J connectivity index is 1.30. The number of piperidine rings is 1. The van der Waals surface area contributed by atoms with Crippen LogP contribution in [-0.2, 0) is 22.4 Å². The average molecular weight is 423 g/mol. The lowest BCUT2D eigenvalue weighted by Crippen LogP contribution is -2.41. The van der Waals surface area contributed by atoms with Gasteiger partial charge in [0.05, 0.1) is 5.92 Å². The summed E-state index contributed by atoms with van der Waals surface area (Å²) in [5.74, 6) is -1.48. The van der Waals surface area contributed by atoms with Crippen molar-refractivity contribution in [1.29, 1.82) is 0 Å². The van der Waals surface area contributed by atoms with Gasteiger partial charge in [0.2, 0.25) is 5.78 Å². The van der Waals surface area contributed by atoms with E-state index in [9.17, 15) is 18.8 Å². The van der Waals surface area contributed by atoms with Crippen LogP contribution in [0.5, 0.6) is 0 Å². The van der Waals surface area contributed by atoms with E-state index in [4.69, 9.17) is 4.74 Å². The quantitative estimate of drug-likeness (QED) is 0.539. The van der Waals surface area contributed by atoms with Crippen molar-refractivity contribution in [2.45, 2.75) is 45.1 Å². The van der Waals surface area contributed by atoms with E-state index in [0.717, 1.165) is 19.3 Å². The molecule has 0 unspecified atom stereocenters. The maximum absolute atomic E-state index is 13.1. The van der Waals surface area contributed by atoms with Crippen LogP contribution in [0.25, 0.3) is 0 Å². The van der Waals surface area contributed by atoms with Gasteiger partial charge in [-0.2, -0.15) is 0 Å². The van der Waals surface area contributed by atoms with Crippen molar-refractivity contribution in [1.82, 2.24) is 4.90 Å². The fourth-order valence-electron chi connectivity index (χ4n) is 4.38. The molecule has 0 radical (unpaired) electrons. The number of hydrogen-bond acceptors (Lipinski definition) is 4. The van der Waals surface area contributed by atoms with Crippen molar-refractivity contribution in [2.24, 2.45) is 5.92 Å². The molecule has 162 valence electrons. The van der Waals surface area contributed by atoms with Gasteiger partial charge in [-0.05, 0) is 80.5 Å². The van der Waals surface area contributed by atoms with Crippen LogP contribution in [0.3, 0.4) is 0 Å². The number of rotatable bonds is 5. The largest absolute Gasteiger partial charge is 0.454 e. The van der Waals surface area contributed by atoms with Gasteiger partial charge in [0.1, 0.15) is 5.82 Å². The Labute approximate surface area is 181 Å². The van der Waals surface area contributed by atoms with E-state index in [1.807, 2.05) is 18.2 Å². The molecule has 2 aromatic carbocycles. The molecule has 0 aromatic heterocycles. The molecule has 5 nitrogen and oxygen atoms in total. The number of Topliss-reactive ketones (excluding diaryl/α,β-unsaturated/α-hetero) is 1. The van der Waals surface area contributed by atoms with Crippen LogP contribution in [0.15, 0.2) is 42.5 Å². The maximum Gasteiger partial charge on any atom is 0.309 e. The van der Waals surface area contributed by atoms with Crippen LogP contribution in [0.1, 0.15) is 58.0 Å². The highest BCUT2D eigenvalue weighted by molar-refractivity contribution is 6.00. The zero-order valence-corrected chi connectivity index (χ0v) is 17.6. The fraction of sp³-hybridized carbons (Fsp3) is 0.400. The zero-order chi connectivity index (χ0) is 22.0. The van der Waals surface area contributed by atoms with Crippen molar-refractivity contribution in [3.63, 3.8) is 0 Å². The van der Waals surface area contributed by atoms with Gasteiger partial charge in [-0.15, -0.1) is 0 Å². The van der Waals surface area contributed by atoms with E-state index in [1.54, 1.807) is 11.8 Å². The summed E-state index contributed by atoms with van der Waals surface area (Å²) in [6.45, 7) is 2.45. The molecule has 1 aliphatic heterocycles. The van der Waals surface area contributed by atoms with Crippen LogP contribution in [0.4, 0.5) is 4.39 Å². The number of hydrogen-bond donors (Lipinski definition) is 0. The first-order valence-electron chi connectivity index (χ1n) is 10.8. The number of fused-ring (bicyclic) bond motifs is 1. The third-order valence-corrected chi connectivity index (χ3v) is 6.25. The van der Waals surface area contributed by atoms with Gasteiger partial charge >= 0.3 is 5.97 Å². The van der Waals surface area contributed by atoms with Crippen molar-refractivity contribution >= 4 is 17.7 Å². The Kier molecular flexibility index (Phi) is 6.16. The summed E-state index contributed by atoms with van der Waals surface area (Å²) >= 11 is 0. The molecule has 1 heterocycles. The Morgan fingerprint density at radius 2 is 1.61 bits per heavy atom. The van der Waals surface area contributed by atoms with Crippen molar-refractivity contribution in [3.05, 3.63) is 70.5 Å². The zero-order valence-electron chi connectivity index (χ0n) is 17.6. The minimum absolute atomic E-state index is 0.174. The minimum atomic E-state index is -0.842. The van der Waals surface area contributed by atoms with Gasteiger partial charge in [0.15, 0.2) is 6.10 Å². The first-order valence-corrected chi connectivity index (χ1v) is 10.8. The molecule has 1 aliphatic carbocycles. The Bertz CT molecular complexity index is 993. The predicted octanol–water partition coefficient (Wildman–Crippen LogP) is 3.98. The second-order valence-electron chi connectivity index (χ2n) is 8.35. The standard InChI is InChI=1S/C25H26FNO4/c1-16(23(28)21-6-5-17-3-2-4-20(17)15-21)31-25(30)19-11-13-27(14-12-19)24(29)18-7-9-22(26)10-8-18/h5-10,15-16,19H,2-4,11-14H2,1H3/t16-/m1/s1. The molecule has 6 heteroatoms. The number of nitrogens with zero attached hydrogens (tertiary/aromatic N) is 1. The summed E-state index contributed by atoms with van der Waals surface area (Å²) in [6, 6.07) is 11.2. The number of carbonyl (C=O) groups excluding carboxylic acids is 3. The molecule has 1 amide bonds. The van der Waals surface area contributed by atoms with E-state index in [-0.39, 0.29) is 23.4 Å². The van der Waals surface area contributed by atoms with Crippen LogP contribution in [0, 0.1) is 11.7 Å². The molecule has 2 aromatic rings. The summed E-state index contributed by atoms with van der Waals surface area (Å²) in [5.41, 5.74) is 3.52. The van der Waals surface area contributed by atoms with E-state index in [2.05, 4.69) is 0 Å². The number of benzene rings is 2. The van der Waals surface area contributed by atoms with Crippen LogP contribution < -0.4 is 0 Å². The van der Waals surface area contributed by atoms with Crippen LogP contribution in [-0.4, -0.2) is 41.8 Å². The van der Waals surface area contributed by atoms with Gasteiger partial charge in [-0.25, -0.2) is 4.39 Å². The van der Waals surface area contributed by atoms with Crippen molar-refractivity contribution < 1.29 is 23.5 Å². The topological polar surface area (TPSA) is 63.7 Å². The Morgan fingerprint density at radius 3 is 2.32 bits per heavy atom. The summed E-state index contributed by atoms with van der Waals surface area (Å²) < 4.78 is 18.5. The molecule has 31 heavy (non-hydrogen) atoms. The SMILES string of the molecule is C[C@@H](OC(=O)C1CCN(C(=O)c2ccc(F)cc2)CC1)C(=O)c1ccc2c(c1)CCC2. The normalized spacial score (nSPS) is 17.2. The second-order valence-corrected chi connectivity index (χ2v) is 8.35. The van der Waals surface area contributed by atoms with Gasteiger partial charge in [0, 0.05) is 24.2 Å². The summed E-state index contributed by atoms with van der Waals surface area (Å²) in [6.07, 6.45) is 3.26. The number of aryl methyl sites for hydroxylation is 2. The first-order chi connectivity index (χ1) is 14.9. The van der Waals surface area contributed by atoms with Gasteiger partial charge in [-0.3, -0.25) is 14.4 Å². The molecule has 0 spiro atoms. The minimum Gasteiger partial charge on any atom is -0.454 e. The van der Waals surface area contributed by atoms with Crippen LogP contribution in [0.2, 0.25) is 0 Å². The third-order valence-electron chi connectivity index (χ3n) is 6.25. The van der Waals surface area contributed by atoms with Crippen molar-refractivity contribution in [3.8, 4) is 0 Å². The number of esters is 1. The third kappa shape index (κ3) is 4.68. The fourth-order valence-corrected chi connectivity index (χ4v) is 4.38. The molecule has 0 N–H and O–H groups in total. The highest BCUT2D eigenvalue weighted by Gasteiger charge is 2.31. The smallest absolute Gasteiger partial charge is 0.309 e. The van der Waals surface area contributed by atoms with Gasteiger partial charge in [-0.1, -0.05) is 12.1 Å². The Hall–Kier alpha value is -3.02. The molecule has 1 saturated heterocycles. The molecule has 0 saturated carbocycles. The van der Waals surface area contributed by atoms with Gasteiger partial charge in [0.25, 0.3) is 5.91 Å². The molecule has 2 aliphatic rings. The molecule has 1 atom stereocenters. The first kappa shape index (κ1) is 21.2. The second kappa shape index (κ2) is 9.00. The molecular weight excluding hydrogens is 397 g/mol. The van der Waals surface area contributed by atoms with Crippen molar-refractivity contribution in [2.75, 3.05) is 13.1 Å². The van der Waals surface area contributed by atoms with E-state index in [0.29, 0.717) is 37.1 Å². The number of halogens is 1. The molecule has 1 fully saturated rings. The summed E-state index contributed by atoms with van der Waals surface area (Å²) in [7, 11) is 0. The highest BCUT2D eigenvalue weighted by Crippen LogP contribution is 2.25.